The number of hydrogen-bond donors (Lipinski definition) is 1. The molecule has 2 N–H and O–H groups in total. The lowest BCUT2D eigenvalue weighted by molar-refractivity contribution is 0.0620. The SMILES string of the molecule is NCc1nc(CN2CCN(C(=O)c3ccc(F)cc3F)CC2)no1. The molecule has 7 nitrogen and oxygen atoms in total. The van der Waals surface area contributed by atoms with Crippen LogP contribution in [0.4, 0.5) is 8.78 Å². The zero-order chi connectivity index (χ0) is 17.1. The molecule has 128 valence electrons. The summed E-state index contributed by atoms with van der Waals surface area (Å²) in [5.41, 5.74) is 5.30. The highest BCUT2D eigenvalue weighted by atomic mass is 19.1. The molecule has 0 radical (unpaired) electrons. The highest BCUT2D eigenvalue weighted by molar-refractivity contribution is 5.94. The van der Waals surface area contributed by atoms with Crippen molar-refractivity contribution < 1.29 is 18.1 Å². The lowest BCUT2D eigenvalue weighted by atomic mass is 10.1. The van der Waals surface area contributed by atoms with Gasteiger partial charge in [-0.15, -0.1) is 0 Å². The molecular formula is C15H17F2N5O2. The van der Waals surface area contributed by atoms with Crippen LogP contribution in [0.15, 0.2) is 22.7 Å². The van der Waals surface area contributed by atoms with E-state index >= 15 is 0 Å². The molecule has 9 heteroatoms. The van der Waals surface area contributed by atoms with Crippen molar-refractivity contribution in [3.8, 4) is 0 Å². The van der Waals surface area contributed by atoms with Crippen LogP contribution in [0.2, 0.25) is 0 Å². The van der Waals surface area contributed by atoms with Gasteiger partial charge in [0.25, 0.3) is 5.91 Å². The monoisotopic (exact) mass is 337 g/mol. The van der Waals surface area contributed by atoms with Crippen molar-refractivity contribution in [3.05, 3.63) is 47.1 Å². The minimum atomic E-state index is -0.844. The summed E-state index contributed by atoms with van der Waals surface area (Å²) in [5.74, 6) is -1.06. The summed E-state index contributed by atoms with van der Waals surface area (Å²) >= 11 is 0. The zero-order valence-electron chi connectivity index (χ0n) is 12.9. The fourth-order valence-electron chi connectivity index (χ4n) is 2.58. The van der Waals surface area contributed by atoms with Crippen LogP contribution in [0, 0.1) is 11.6 Å². The van der Waals surface area contributed by atoms with Crippen LogP contribution in [-0.4, -0.2) is 52.0 Å². The van der Waals surface area contributed by atoms with Gasteiger partial charge in [0.2, 0.25) is 5.89 Å². The van der Waals surface area contributed by atoms with Crippen molar-refractivity contribution in [3.63, 3.8) is 0 Å². The summed E-state index contributed by atoms with van der Waals surface area (Å²) in [5, 5.41) is 3.83. The van der Waals surface area contributed by atoms with Crippen LogP contribution >= 0.6 is 0 Å². The van der Waals surface area contributed by atoms with Gasteiger partial charge in [-0.2, -0.15) is 4.98 Å². The molecule has 1 aromatic heterocycles. The summed E-state index contributed by atoms with van der Waals surface area (Å²) in [6.07, 6.45) is 0. The third kappa shape index (κ3) is 3.57. The summed E-state index contributed by atoms with van der Waals surface area (Å²) in [6, 6.07) is 2.97. The van der Waals surface area contributed by atoms with Crippen molar-refractivity contribution in [2.45, 2.75) is 13.1 Å². The molecule has 0 spiro atoms. The van der Waals surface area contributed by atoms with Gasteiger partial charge in [0, 0.05) is 32.2 Å². The molecule has 0 bridgehead atoms. The predicted octanol–water partition coefficient (Wildman–Crippen LogP) is 0.764. The molecule has 0 atom stereocenters. The molecule has 1 aliphatic rings. The molecule has 1 aromatic carbocycles. The molecule has 2 aromatic rings. The molecule has 1 saturated heterocycles. The number of carbonyl (C=O) groups excluding carboxylic acids is 1. The van der Waals surface area contributed by atoms with Crippen LogP contribution in [0.3, 0.4) is 0 Å². The summed E-state index contributed by atoms with van der Waals surface area (Å²) < 4.78 is 31.6. The number of aromatic nitrogens is 2. The first-order chi connectivity index (χ1) is 11.6. The first-order valence-corrected chi connectivity index (χ1v) is 7.55. The van der Waals surface area contributed by atoms with Crippen LogP contribution < -0.4 is 5.73 Å². The number of halogens is 2. The summed E-state index contributed by atoms with van der Waals surface area (Å²) in [7, 11) is 0. The largest absolute Gasteiger partial charge is 0.338 e. The van der Waals surface area contributed by atoms with E-state index in [1.165, 1.54) is 6.07 Å². The van der Waals surface area contributed by atoms with E-state index in [-0.39, 0.29) is 12.1 Å². The van der Waals surface area contributed by atoms with Crippen LogP contribution in [0.5, 0.6) is 0 Å². The van der Waals surface area contributed by atoms with Crippen molar-refractivity contribution >= 4 is 5.91 Å². The molecule has 1 amide bonds. The van der Waals surface area contributed by atoms with Crippen molar-refractivity contribution in [1.82, 2.24) is 19.9 Å². The van der Waals surface area contributed by atoms with Crippen molar-refractivity contribution in [2.24, 2.45) is 5.73 Å². The number of nitrogens with two attached hydrogens (primary N) is 1. The van der Waals surface area contributed by atoms with E-state index in [2.05, 4.69) is 15.0 Å². The Morgan fingerprint density at radius 3 is 2.62 bits per heavy atom. The van der Waals surface area contributed by atoms with E-state index in [0.29, 0.717) is 44.4 Å². The number of carbonyl (C=O) groups is 1. The Morgan fingerprint density at radius 1 is 1.25 bits per heavy atom. The average molecular weight is 337 g/mol. The molecule has 3 rings (SSSR count). The lowest BCUT2D eigenvalue weighted by Crippen LogP contribution is -2.48. The van der Waals surface area contributed by atoms with Crippen molar-refractivity contribution in [1.29, 1.82) is 0 Å². The molecule has 0 saturated carbocycles. The van der Waals surface area contributed by atoms with Gasteiger partial charge in [0.15, 0.2) is 5.82 Å². The first-order valence-electron chi connectivity index (χ1n) is 7.55. The third-order valence-corrected chi connectivity index (χ3v) is 3.87. The molecule has 1 fully saturated rings. The smallest absolute Gasteiger partial charge is 0.256 e. The van der Waals surface area contributed by atoms with E-state index in [1.807, 2.05) is 0 Å². The van der Waals surface area contributed by atoms with E-state index in [9.17, 15) is 13.6 Å². The number of rotatable bonds is 4. The molecule has 0 unspecified atom stereocenters. The first kappa shape index (κ1) is 16.5. The minimum Gasteiger partial charge on any atom is -0.338 e. The number of hydrogen-bond acceptors (Lipinski definition) is 6. The van der Waals surface area contributed by atoms with Gasteiger partial charge in [0.05, 0.1) is 18.7 Å². The Labute approximate surface area is 137 Å². The molecular weight excluding hydrogens is 320 g/mol. The molecule has 0 aliphatic carbocycles. The van der Waals surface area contributed by atoms with Crippen molar-refractivity contribution in [2.75, 3.05) is 26.2 Å². The minimum absolute atomic E-state index is 0.115. The fraction of sp³-hybridized carbons (Fsp3) is 0.400. The maximum atomic E-state index is 13.7. The van der Waals surface area contributed by atoms with Gasteiger partial charge in [-0.05, 0) is 12.1 Å². The maximum absolute atomic E-state index is 13.7. The average Bonchev–Trinajstić information content (AvgIpc) is 3.03. The molecule has 2 heterocycles. The maximum Gasteiger partial charge on any atom is 0.256 e. The standard InChI is InChI=1S/C15H17F2N5O2/c16-10-1-2-11(12(17)7-10)15(23)22-5-3-21(4-6-22)9-13-19-14(8-18)24-20-13/h1-2,7H,3-6,8-9,18H2. The van der Waals surface area contributed by atoms with Crippen LogP contribution in [-0.2, 0) is 13.1 Å². The Kier molecular flexibility index (Phi) is 4.81. The van der Waals surface area contributed by atoms with Gasteiger partial charge in [-0.25, -0.2) is 8.78 Å². The van der Waals surface area contributed by atoms with Gasteiger partial charge >= 0.3 is 0 Å². The van der Waals surface area contributed by atoms with Crippen LogP contribution in [0.25, 0.3) is 0 Å². The summed E-state index contributed by atoms with van der Waals surface area (Å²) in [6.45, 7) is 2.77. The van der Waals surface area contributed by atoms with E-state index < -0.39 is 17.5 Å². The number of nitrogens with zero attached hydrogens (tertiary/aromatic N) is 4. The Morgan fingerprint density at radius 2 is 2.00 bits per heavy atom. The molecule has 24 heavy (non-hydrogen) atoms. The Hall–Kier alpha value is -2.39. The topological polar surface area (TPSA) is 88.5 Å². The fourth-order valence-corrected chi connectivity index (χ4v) is 2.58. The Bertz CT molecular complexity index is 728. The van der Waals surface area contributed by atoms with Gasteiger partial charge in [-0.1, -0.05) is 5.16 Å². The highest BCUT2D eigenvalue weighted by Gasteiger charge is 2.25. The summed E-state index contributed by atoms with van der Waals surface area (Å²) in [4.78, 5) is 20.1. The van der Waals surface area contributed by atoms with Gasteiger partial charge in [-0.3, -0.25) is 9.69 Å². The molecule has 1 aliphatic heterocycles. The van der Waals surface area contributed by atoms with E-state index in [1.54, 1.807) is 4.90 Å². The van der Waals surface area contributed by atoms with E-state index in [0.717, 1.165) is 12.1 Å². The normalized spacial score (nSPS) is 15.7. The zero-order valence-corrected chi connectivity index (χ0v) is 12.9. The number of amides is 1. The highest BCUT2D eigenvalue weighted by Crippen LogP contribution is 2.14. The quantitative estimate of drug-likeness (QED) is 0.886. The number of piperazine rings is 1. The van der Waals surface area contributed by atoms with E-state index in [4.69, 9.17) is 10.3 Å². The Balaban J connectivity index is 1.57. The number of benzene rings is 1. The lowest BCUT2D eigenvalue weighted by Gasteiger charge is -2.34. The van der Waals surface area contributed by atoms with Gasteiger partial charge in [0.1, 0.15) is 11.6 Å². The third-order valence-electron chi connectivity index (χ3n) is 3.87. The second-order valence-corrected chi connectivity index (χ2v) is 5.50. The second-order valence-electron chi connectivity index (χ2n) is 5.50. The predicted molar refractivity (Wildman–Crippen MR) is 79.7 cm³/mol. The van der Waals surface area contributed by atoms with Crippen LogP contribution in [0.1, 0.15) is 22.1 Å². The second kappa shape index (κ2) is 7.02. The van der Waals surface area contributed by atoms with Gasteiger partial charge < -0.3 is 15.2 Å².